The van der Waals surface area contributed by atoms with Crippen molar-refractivity contribution in [3.63, 3.8) is 0 Å². The van der Waals surface area contributed by atoms with E-state index < -0.39 is 0 Å². The Bertz CT molecular complexity index is 439. The lowest BCUT2D eigenvalue weighted by Gasteiger charge is -2.35. The van der Waals surface area contributed by atoms with Crippen molar-refractivity contribution in [3.8, 4) is 0 Å². The molecular weight excluding hydrogens is 463 g/mol. The lowest BCUT2D eigenvalue weighted by molar-refractivity contribution is 0.0887. The third-order valence-corrected chi connectivity index (χ3v) is 4.53. The largest absolute Gasteiger partial charge is 0.450 e. The number of amides is 1. The van der Waals surface area contributed by atoms with E-state index in [9.17, 15) is 4.79 Å². The summed E-state index contributed by atoms with van der Waals surface area (Å²) in [6, 6.07) is 0. The van der Waals surface area contributed by atoms with Crippen LogP contribution in [0, 0.1) is 5.92 Å². The SMILES string of the molecule is CCNC(=NCCCOCC1CCOC1)N1CCN(C(=O)OCC)CC1.I. The number of hydrogen-bond acceptors (Lipinski definition) is 5. The molecule has 9 heteroatoms. The van der Waals surface area contributed by atoms with Gasteiger partial charge in [-0.25, -0.2) is 4.79 Å². The zero-order valence-corrected chi connectivity index (χ0v) is 19.0. The van der Waals surface area contributed by atoms with Gasteiger partial charge < -0.3 is 29.3 Å². The maximum atomic E-state index is 11.8. The third-order valence-electron chi connectivity index (χ3n) is 4.53. The number of hydrogen-bond donors (Lipinski definition) is 1. The topological polar surface area (TPSA) is 75.6 Å². The Hall–Kier alpha value is -0.810. The maximum Gasteiger partial charge on any atom is 0.409 e. The van der Waals surface area contributed by atoms with E-state index in [4.69, 9.17) is 19.2 Å². The van der Waals surface area contributed by atoms with Crippen LogP contribution in [0.4, 0.5) is 4.79 Å². The summed E-state index contributed by atoms with van der Waals surface area (Å²) in [7, 11) is 0. The molecule has 2 aliphatic rings. The van der Waals surface area contributed by atoms with E-state index in [1.54, 1.807) is 4.90 Å². The molecule has 158 valence electrons. The van der Waals surface area contributed by atoms with E-state index in [1.165, 1.54) is 0 Å². The number of nitrogens with zero attached hydrogens (tertiary/aromatic N) is 3. The van der Waals surface area contributed by atoms with E-state index in [0.29, 0.717) is 25.6 Å². The van der Waals surface area contributed by atoms with Crippen LogP contribution in [0.2, 0.25) is 0 Å². The van der Waals surface area contributed by atoms with Crippen LogP contribution in [0.1, 0.15) is 26.7 Å². The van der Waals surface area contributed by atoms with Crippen molar-refractivity contribution in [3.05, 3.63) is 0 Å². The van der Waals surface area contributed by atoms with Gasteiger partial charge in [0.1, 0.15) is 0 Å². The van der Waals surface area contributed by atoms with Crippen molar-refractivity contribution in [1.29, 1.82) is 0 Å². The van der Waals surface area contributed by atoms with Crippen LogP contribution in [-0.4, -0.2) is 94.2 Å². The van der Waals surface area contributed by atoms with Gasteiger partial charge in [0.15, 0.2) is 5.96 Å². The van der Waals surface area contributed by atoms with Gasteiger partial charge >= 0.3 is 6.09 Å². The first-order valence-electron chi connectivity index (χ1n) is 9.85. The zero-order valence-electron chi connectivity index (χ0n) is 16.7. The quantitative estimate of drug-likeness (QED) is 0.238. The van der Waals surface area contributed by atoms with E-state index in [-0.39, 0.29) is 30.1 Å². The van der Waals surface area contributed by atoms with E-state index >= 15 is 0 Å². The Morgan fingerprint density at radius 2 is 1.96 bits per heavy atom. The van der Waals surface area contributed by atoms with Gasteiger partial charge in [-0.15, -0.1) is 24.0 Å². The molecule has 1 amide bonds. The first-order chi connectivity index (χ1) is 12.7. The van der Waals surface area contributed by atoms with Gasteiger partial charge in [0, 0.05) is 58.4 Å². The fourth-order valence-corrected chi connectivity index (χ4v) is 3.06. The zero-order chi connectivity index (χ0) is 18.6. The normalized spacial score (nSPS) is 20.4. The fraction of sp³-hybridized carbons (Fsp3) is 0.889. The van der Waals surface area contributed by atoms with Crippen molar-refractivity contribution >= 4 is 36.0 Å². The number of carbonyl (C=O) groups is 1. The molecule has 0 radical (unpaired) electrons. The van der Waals surface area contributed by atoms with Gasteiger partial charge in [0.2, 0.25) is 0 Å². The number of guanidine groups is 1. The average Bonchev–Trinajstić information content (AvgIpc) is 3.17. The van der Waals surface area contributed by atoms with Crippen LogP contribution in [-0.2, 0) is 14.2 Å². The summed E-state index contributed by atoms with van der Waals surface area (Å²) in [5.74, 6) is 1.48. The van der Waals surface area contributed by atoms with Crippen LogP contribution >= 0.6 is 24.0 Å². The molecule has 2 heterocycles. The highest BCUT2D eigenvalue weighted by Crippen LogP contribution is 2.12. The molecule has 2 saturated heterocycles. The molecule has 0 aliphatic carbocycles. The Balaban J connectivity index is 0.00000364. The number of ether oxygens (including phenoxy) is 3. The first-order valence-corrected chi connectivity index (χ1v) is 9.85. The number of piperazine rings is 1. The second-order valence-electron chi connectivity index (χ2n) is 6.57. The minimum absolute atomic E-state index is 0. The molecule has 0 spiro atoms. The van der Waals surface area contributed by atoms with Gasteiger partial charge in [-0.2, -0.15) is 0 Å². The predicted molar refractivity (Wildman–Crippen MR) is 116 cm³/mol. The van der Waals surface area contributed by atoms with Crippen molar-refractivity contribution in [1.82, 2.24) is 15.1 Å². The average molecular weight is 498 g/mol. The van der Waals surface area contributed by atoms with Gasteiger partial charge in [0.25, 0.3) is 0 Å². The fourth-order valence-electron chi connectivity index (χ4n) is 3.06. The van der Waals surface area contributed by atoms with Crippen molar-refractivity contribution in [2.45, 2.75) is 26.7 Å². The highest BCUT2D eigenvalue weighted by molar-refractivity contribution is 14.0. The lowest BCUT2D eigenvalue weighted by atomic mass is 10.1. The highest BCUT2D eigenvalue weighted by atomic mass is 127. The molecule has 1 N–H and O–H groups in total. The second kappa shape index (κ2) is 14.2. The van der Waals surface area contributed by atoms with Crippen molar-refractivity contribution in [2.75, 3.05) is 72.3 Å². The van der Waals surface area contributed by atoms with Crippen molar-refractivity contribution < 1.29 is 19.0 Å². The number of aliphatic imine (C=N–C) groups is 1. The highest BCUT2D eigenvalue weighted by Gasteiger charge is 2.23. The van der Waals surface area contributed by atoms with Crippen LogP contribution in [0.5, 0.6) is 0 Å². The van der Waals surface area contributed by atoms with E-state index in [1.807, 2.05) is 6.92 Å². The number of nitrogens with one attached hydrogen (secondary N) is 1. The molecule has 0 saturated carbocycles. The molecule has 0 aromatic carbocycles. The monoisotopic (exact) mass is 498 g/mol. The van der Waals surface area contributed by atoms with Gasteiger partial charge in [0.05, 0.1) is 19.8 Å². The van der Waals surface area contributed by atoms with Crippen LogP contribution in [0.3, 0.4) is 0 Å². The summed E-state index contributed by atoms with van der Waals surface area (Å²) in [6.07, 6.45) is 1.80. The molecular formula is C18H35IN4O4. The Labute approximate surface area is 180 Å². The summed E-state index contributed by atoms with van der Waals surface area (Å²) in [4.78, 5) is 20.4. The molecule has 0 aromatic rings. The van der Waals surface area contributed by atoms with Crippen molar-refractivity contribution in [2.24, 2.45) is 10.9 Å². The van der Waals surface area contributed by atoms with Crippen LogP contribution < -0.4 is 5.32 Å². The number of carbonyl (C=O) groups excluding carboxylic acids is 1. The predicted octanol–water partition coefficient (Wildman–Crippen LogP) is 1.79. The molecule has 0 bridgehead atoms. The molecule has 1 unspecified atom stereocenters. The Kier molecular flexibility index (Phi) is 12.8. The second-order valence-corrected chi connectivity index (χ2v) is 6.57. The number of rotatable bonds is 8. The minimum atomic E-state index is -0.223. The Morgan fingerprint density at radius 1 is 1.22 bits per heavy atom. The van der Waals surface area contributed by atoms with Gasteiger partial charge in [-0.05, 0) is 26.7 Å². The molecule has 2 fully saturated rings. The molecule has 2 rings (SSSR count). The standard InChI is InChI=1S/C18H34N4O4.HI/c1-3-19-17(20-7-5-12-24-14-16-6-13-25-15-16)21-8-10-22(11-9-21)18(23)26-4-2;/h16H,3-15H2,1-2H3,(H,19,20);1H. The molecule has 1 atom stereocenters. The number of halogens is 1. The maximum absolute atomic E-state index is 11.8. The summed E-state index contributed by atoms with van der Waals surface area (Å²) in [5.41, 5.74) is 0. The minimum Gasteiger partial charge on any atom is -0.450 e. The summed E-state index contributed by atoms with van der Waals surface area (Å²) < 4.78 is 16.1. The van der Waals surface area contributed by atoms with Crippen LogP contribution in [0.15, 0.2) is 4.99 Å². The lowest BCUT2D eigenvalue weighted by Crippen LogP contribution is -2.53. The Morgan fingerprint density at radius 3 is 2.59 bits per heavy atom. The smallest absolute Gasteiger partial charge is 0.409 e. The summed E-state index contributed by atoms with van der Waals surface area (Å²) in [6.45, 7) is 12.0. The molecule has 0 aromatic heterocycles. The van der Waals surface area contributed by atoms with Gasteiger partial charge in [-0.3, -0.25) is 4.99 Å². The third kappa shape index (κ3) is 8.82. The summed E-state index contributed by atoms with van der Waals surface area (Å²) in [5, 5.41) is 3.34. The van der Waals surface area contributed by atoms with E-state index in [0.717, 1.165) is 71.4 Å². The van der Waals surface area contributed by atoms with E-state index in [2.05, 4.69) is 17.1 Å². The summed E-state index contributed by atoms with van der Waals surface area (Å²) >= 11 is 0. The van der Waals surface area contributed by atoms with Gasteiger partial charge in [-0.1, -0.05) is 0 Å². The van der Waals surface area contributed by atoms with Crippen LogP contribution in [0.25, 0.3) is 0 Å². The molecule has 27 heavy (non-hydrogen) atoms. The first kappa shape index (κ1) is 24.2. The molecule has 8 nitrogen and oxygen atoms in total. The molecule has 2 aliphatic heterocycles.